The lowest BCUT2D eigenvalue weighted by Crippen LogP contribution is -2.31. The molecule has 1 amide bonds. The van der Waals surface area contributed by atoms with Gasteiger partial charge in [-0.15, -0.1) is 0 Å². The molecule has 0 fully saturated rings. The van der Waals surface area contributed by atoms with Crippen LogP contribution in [0, 0.1) is 0 Å². The highest BCUT2D eigenvalue weighted by molar-refractivity contribution is 5.89. The Morgan fingerprint density at radius 3 is 1.50 bits per heavy atom. The SMILES string of the molecule is O=C(O)COCC(=O)NCCOCCOCCOCCOCCOCCOCCOC(=O)c1ccccc1. The molecular formula is C25H39NO12. The van der Waals surface area contributed by atoms with Crippen LogP contribution in [0.5, 0.6) is 0 Å². The lowest BCUT2D eigenvalue weighted by molar-refractivity contribution is -0.143. The normalized spacial score (nSPS) is 10.8. The summed E-state index contributed by atoms with van der Waals surface area (Å²) in [4.78, 5) is 33.3. The first-order chi connectivity index (χ1) is 18.6. The second-order valence-corrected chi connectivity index (χ2v) is 7.41. The first-order valence-corrected chi connectivity index (χ1v) is 12.3. The average Bonchev–Trinajstić information content (AvgIpc) is 2.91. The third-order valence-corrected chi connectivity index (χ3v) is 4.36. The number of nitrogens with one attached hydrogen (secondary N) is 1. The maximum atomic E-state index is 11.7. The van der Waals surface area contributed by atoms with Crippen molar-refractivity contribution in [3.8, 4) is 0 Å². The van der Waals surface area contributed by atoms with Gasteiger partial charge in [0, 0.05) is 6.54 Å². The van der Waals surface area contributed by atoms with E-state index in [1.54, 1.807) is 24.3 Å². The molecule has 2 N–H and O–H groups in total. The van der Waals surface area contributed by atoms with Gasteiger partial charge in [-0.2, -0.15) is 0 Å². The van der Waals surface area contributed by atoms with E-state index in [1.807, 2.05) is 6.07 Å². The van der Waals surface area contributed by atoms with Gasteiger partial charge in [-0.05, 0) is 12.1 Å². The Hall–Kier alpha value is -2.65. The zero-order valence-electron chi connectivity index (χ0n) is 21.6. The van der Waals surface area contributed by atoms with Gasteiger partial charge in [0.15, 0.2) is 0 Å². The van der Waals surface area contributed by atoms with E-state index in [-0.39, 0.29) is 19.2 Å². The third-order valence-electron chi connectivity index (χ3n) is 4.36. The third kappa shape index (κ3) is 21.4. The van der Waals surface area contributed by atoms with E-state index in [9.17, 15) is 14.4 Å². The Bertz CT molecular complexity index is 734. The van der Waals surface area contributed by atoms with Crippen LogP contribution in [0.3, 0.4) is 0 Å². The van der Waals surface area contributed by atoms with Crippen LogP contribution in [0.1, 0.15) is 10.4 Å². The second kappa shape index (κ2) is 24.7. The molecule has 0 unspecified atom stereocenters. The van der Waals surface area contributed by atoms with E-state index in [4.69, 9.17) is 38.3 Å². The summed E-state index contributed by atoms with van der Waals surface area (Å²) in [5, 5.41) is 10.9. The van der Waals surface area contributed by atoms with Crippen LogP contribution in [-0.4, -0.2) is 129 Å². The molecule has 0 radical (unpaired) electrons. The second-order valence-electron chi connectivity index (χ2n) is 7.41. The Kier molecular flexibility index (Phi) is 21.7. The number of aliphatic carboxylic acids is 1. The average molecular weight is 546 g/mol. The topological polar surface area (TPSA) is 157 Å². The first kappa shape index (κ1) is 33.4. The molecule has 0 aromatic heterocycles. The molecule has 0 atom stereocenters. The summed E-state index contributed by atoms with van der Waals surface area (Å²) in [7, 11) is 0. The van der Waals surface area contributed by atoms with Gasteiger partial charge in [0.25, 0.3) is 0 Å². The van der Waals surface area contributed by atoms with E-state index in [1.165, 1.54) is 0 Å². The number of ether oxygens (including phenoxy) is 8. The molecule has 1 rings (SSSR count). The number of carboxylic acids is 1. The van der Waals surface area contributed by atoms with Crippen molar-refractivity contribution in [3.05, 3.63) is 35.9 Å². The molecule has 38 heavy (non-hydrogen) atoms. The predicted molar refractivity (Wildman–Crippen MR) is 133 cm³/mol. The molecule has 0 bridgehead atoms. The fraction of sp³-hybridized carbons (Fsp3) is 0.640. The highest BCUT2D eigenvalue weighted by atomic mass is 16.6. The summed E-state index contributed by atoms with van der Waals surface area (Å²) in [5.41, 5.74) is 0.513. The summed E-state index contributed by atoms with van der Waals surface area (Å²) < 4.78 is 42.0. The largest absolute Gasteiger partial charge is 0.480 e. The van der Waals surface area contributed by atoms with Gasteiger partial charge in [-0.25, -0.2) is 9.59 Å². The zero-order valence-corrected chi connectivity index (χ0v) is 21.6. The number of amides is 1. The molecule has 0 aliphatic heterocycles. The van der Waals surface area contributed by atoms with E-state index in [0.717, 1.165) is 0 Å². The zero-order chi connectivity index (χ0) is 27.5. The highest BCUT2D eigenvalue weighted by Gasteiger charge is 2.05. The minimum Gasteiger partial charge on any atom is -0.480 e. The van der Waals surface area contributed by atoms with E-state index < -0.39 is 18.5 Å². The summed E-state index contributed by atoms with van der Waals surface area (Å²) >= 11 is 0. The maximum Gasteiger partial charge on any atom is 0.338 e. The van der Waals surface area contributed by atoms with Crippen LogP contribution < -0.4 is 5.32 Å². The van der Waals surface area contributed by atoms with Gasteiger partial charge in [0.1, 0.15) is 19.8 Å². The van der Waals surface area contributed by atoms with Crippen LogP contribution in [0.25, 0.3) is 0 Å². The van der Waals surface area contributed by atoms with Gasteiger partial charge in [0.05, 0.1) is 84.8 Å². The molecule has 0 spiro atoms. The molecular weight excluding hydrogens is 506 g/mol. The molecule has 216 valence electrons. The summed E-state index contributed by atoms with van der Waals surface area (Å²) in [5.74, 6) is -1.90. The Labute approximate surface area is 222 Å². The number of benzene rings is 1. The fourth-order valence-electron chi connectivity index (χ4n) is 2.60. The predicted octanol–water partition coefficient (Wildman–Crippen LogP) is 0.160. The van der Waals surface area contributed by atoms with Crippen molar-refractivity contribution in [2.45, 2.75) is 0 Å². The summed E-state index contributed by atoms with van der Waals surface area (Å²) in [6.07, 6.45) is 0. The standard InChI is InChI=1S/C25H39NO12/c27-23(20-37-21-24(28)29)26-6-7-31-8-9-32-10-11-33-12-13-34-14-15-35-16-17-36-18-19-38-25(30)22-4-2-1-3-5-22/h1-5H,6-21H2,(H,26,27)(H,28,29). The van der Waals surface area contributed by atoms with Crippen LogP contribution in [-0.2, 0) is 47.5 Å². The number of hydrogen-bond donors (Lipinski definition) is 2. The maximum absolute atomic E-state index is 11.7. The number of carboxylic acid groups (broad SMARTS) is 1. The van der Waals surface area contributed by atoms with Crippen LogP contribution in [0.15, 0.2) is 30.3 Å². The molecule has 13 nitrogen and oxygen atoms in total. The van der Waals surface area contributed by atoms with Gasteiger partial charge < -0.3 is 48.3 Å². The van der Waals surface area contributed by atoms with Crippen molar-refractivity contribution in [1.82, 2.24) is 5.32 Å². The highest BCUT2D eigenvalue weighted by Crippen LogP contribution is 2.00. The Morgan fingerprint density at radius 2 is 1.03 bits per heavy atom. The van der Waals surface area contributed by atoms with Gasteiger partial charge >= 0.3 is 11.9 Å². The lowest BCUT2D eigenvalue weighted by Gasteiger charge is -2.09. The van der Waals surface area contributed by atoms with Crippen molar-refractivity contribution < 1.29 is 57.4 Å². The molecule has 0 heterocycles. The molecule has 13 heteroatoms. The molecule has 1 aromatic carbocycles. The number of carbonyl (C=O) groups is 3. The molecule has 1 aromatic rings. The number of esters is 1. The van der Waals surface area contributed by atoms with Crippen molar-refractivity contribution in [2.24, 2.45) is 0 Å². The van der Waals surface area contributed by atoms with E-state index in [0.29, 0.717) is 91.4 Å². The van der Waals surface area contributed by atoms with Crippen molar-refractivity contribution in [3.63, 3.8) is 0 Å². The van der Waals surface area contributed by atoms with Crippen molar-refractivity contribution in [2.75, 3.05) is 106 Å². The van der Waals surface area contributed by atoms with Crippen molar-refractivity contribution >= 4 is 17.8 Å². The van der Waals surface area contributed by atoms with Gasteiger partial charge in [-0.1, -0.05) is 18.2 Å². The number of rotatable bonds is 26. The van der Waals surface area contributed by atoms with Crippen LogP contribution >= 0.6 is 0 Å². The van der Waals surface area contributed by atoms with Crippen LogP contribution in [0.2, 0.25) is 0 Å². The minimum atomic E-state index is -1.13. The Morgan fingerprint density at radius 1 is 0.579 bits per heavy atom. The van der Waals surface area contributed by atoms with E-state index in [2.05, 4.69) is 10.1 Å². The smallest absolute Gasteiger partial charge is 0.338 e. The molecule has 0 saturated carbocycles. The van der Waals surface area contributed by atoms with Crippen LogP contribution in [0.4, 0.5) is 0 Å². The van der Waals surface area contributed by atoms with Gasteiger partial charge in [-0.3, -0.25) is 4.79 Å². The molecule has 0 saturated heterocycles. The molecule has 0 aliphatic carbocycles. The first-order valence-electron chi connectivity index (χ1n) is 12.3. The lowest BCUT2D eigenvalue weighted by atomic mass is 10.2. The quantitative estimate of drug-likeness (QED) is 0.120. The summed E-state index contributed by atoms with van der Waals surface area (Å²) in [6, 6.07) is 8.79. The summed E-state index contributed by atoms with van der Waals surface area (Å²) in [6.45, 7) is 4.53. The van der Waals surface area contributed by atoms with Gasteiger partial charge in [0.2, 0.25) is 5.91 Å². The van der Waals surface area contributed by atoms with E-state index >= 15 is 0 Å². The number of hydrogen-bond acceptors (Lipinski definition) is 11. The molecule has 0 aliphatic rings. The number of carbonyl (C=O) groups excluding carboxylic acids is 2. The fourth-order valence-corrected chi connectivity index (χ4v) is 2.60. The van der Waals surface area contributed by atoms with Crippen molar-refractivity contribution in [1.29, 1.82) is 0 Å². The Balaban J connectivity index is 1.70. The monoisotopic (exact) mass is 545 g/mol. The minimum absolute atomic E-state index is 0.187.